The van der Waals surface area contributed by atoms with E-state index in [1.165, 1.54) is 18.4 Å². The van der Waals surface area contributed by atoms with Crippen LogP contribution in [0.25, 0.3) is 0 Å². The van der Waals surface area contributed by atoms with E-state index in [0.29, 0.717) is 18.3 Å². The Balaban J connectivity index is 1.70. The first-order valence-corrected chi connectivity index (χ1v) is 8.97. The minimum atomic E-state index is -0.422. The molecule has 2 N–H and O–H groups in total. The summed E-state index contributed by atoms with van der Waals surface area (Å²) in [5, 5.41) is 20.6. The summed E-state index contributed by atoms with van der Waals surface area (Å²) < 4.78 is 0. The van der Waals surface area contributed by atoms with E-state index in [4.69, 9.17) is 0 Å². The van der Waals surface area contributed by atoms with Gasteiger partial charge in [-0.25, -0.2) is 0 Å². The fourth-order valence-electron chi connectivity index (χ4n) is 6.08. The first-order chi connectivity index (χ1) is 10.3. The standard InChI is InChI=1S/C20H32O2/c1-11(2)16(21)9-7-12(3)14-10-17(22)20(5)15-8-6-13(4)18(15)19(14)20/h13-19,21-22H,1,3,6-10H2,2,4-5H3/t13-,14?,15?,16?,17?,18?,19+,20+/m1/s1. The Morgan fingerprint density at radius 1 is 1.32 bits per heavy atom. The van der Waals surface area contributed by atoms with Gasteiger partial charge in [0.15, 0.2) is 0 Å². The van der Waals surface area contributed by atoms with Crippen LogP contribution in [-0.4, -0.2) is 22.4 Å². The maximum absolute atomic E-state index is 10.7. The molecule has 0 amide bonds. The van der Waals surface area contributed by atoms with Crippen LogP contribution in [0.1, 0.15) is 52.9 Å². The van der Waals surface area contributed by atoms with Gasteiger partial charge in [0, 0.05) is 5.41 Å². The minimum absolute atomic E-state index is 0.121. The number of aliphatic hydroxyl groups is 2. The largest absolute Gasteiger partial charge is 0.393 e. The monoisotopic (exact) mass is 304 g/mol. The van der Waals surface area contributed by atoms with Gasteiger partial charge >= 0.3 is 0 Å². The summed E-state index contributed by atoms with van der Waals surface area (Å²) in [6, 6.07) is 0. The zero-order chi connectivity index (χ0) is 16.2. The second kappa shape index (κ2) is 5.49. The predicted octanol–water partition coefficient (Wildman–Crippen LogP) is 3.94. The third kappa shape index (κ3) is 2.14. The Kier molecular flexibility index (Phi) is 4.06. The molecule has 0 saturated heterocycles. The van der Waals surface area contributed by atoms with Gasteiger partial charge in [0.1, 0.15) is 0 Å². The topological polar surface area (TPSA) is 40.5 Å². The number of allylic oxidation sites excluding steroid dienone is 1. The summed E-state index contributed by atoms with van der Waals surface area (Å²) >= 11 is 0. The van der Waals surface area contributed by atoms with Crippen molar-refractivity contribution in [1.29, 1.82) is 0 Å². The predicted molar refractivity (Wildman–Crippen MR) is 90.3 cm³/mol. The van der Waals surface area contributed by atoms with E-state index in [0.717, 1.165) is 36.2 Å². The summed E-state index contributed by atoms with van der Waals surface area (Å²) in [7, 11) is 0. The first kappa shape index (κ1) is 16.3. The lowest BCUT2D eigenvalue weighted by atomic mass is 9.46. The van der Waals surface area contributed by atoms with Crippen molar-refractivity contribution in [2.24, 2.45) is 35.0 Å². The summed E-state index contributed by atoms with van der Waals surface area (Å²) in [5.41, 5.74) is 2.19. The molecule has 8 atom stereocenters. The summed E-state index contributed by atoms with van der Waals surface area (Å²) in [6.07, 6.45) is 4.47. The SMILES string of the molecule is C=C(C)C(O)CCC(=C)C1CC(O)[C@]2(C)C3CC[C@@H](C)C3[C@H]12. The van der Waals surface area contributed by atoms with Gasteiger partial charge in [-0.3, -0.25) is 0 Å². The zero-order valence-corrected chi connectivity index (χ0v) is 14.4. The van der Waals surface area contributed by atoms with Crippen molar-refractivity contribution in [1.82, 2.24) is 0 Å². The van der Waals surface area contributed by atoms with Crippen LogP contribution in [0.3, 0.4) is 0 Å². The van der Waals surface area contributed by atoms with Crippen LogP contribution in [0.2, 0.25) is 0 Å². The molecule has 0 aliphatic heterocycles. The number of aliphatic hydroxyl groups excluding tert-OH is 2. The molecule has 0 aromatic heterocycles. The smallest absolute Gasteiger partial charge is 0.0747 e. The lowest BCUT2D eigenvalue weighted by molar-refractivity contribution is -0.142. The number of fused-ring (bicyclic) bond motifs is 4. The van der Waals surface area contributed by atoms with E-state index in [9.17, 15) is 10.2 Å². The molecule has 0 aromatic carbocycles. The van der Waals surface area contributed by atoms with Crippen molar-refractivity contribution < 1.29 is 10.2 Å². The van der Waals surface area contributed by atoms with E-state index in [-0.39, 0.29) is 11.5 Å². The zero-order valence-electron chi connectivity index (χ0n) is 14.4. The number of hydrogen-bond donors (Lipinski definition) is 2. The number of rotatable bonds is 5. The summed E-state index contributed by atoms with van der Waals surface area (Å²) in [6.45, 7) is 14.7. The highest BCUT2D eigenvalue weighted by molar-refractivity contribution is 5.24. The van der Waals surface area contributed by atoms with Gasteiger partial charge in [0.05, 0.1) is 12.2 Å². The lowest BCUT2D eigenvalue weighted by Crippen LogP contribution is -2.57. The first-order valence-electron chi connectivity index (χ1n) is 8.97. The second-order valence-corrected chi connectivity index (χ2v) is 8.55. The molecule has 3 aliphatic rings. The van der Waals surface area contributed by atoms with Crippen LogP contribution in [0, 0.1) is 35.0 Å². The molecule has 3 rings (SSSR count). The van der Waals surface area contributed by atoms with E-state index in [2.05, 4.69) is 27.0 Å². The third-order valence-corrected chi connectivity index (χ3v) is 7.45. The average Bonchev–Trinajstić information content (AvgIpc) is 2.89. The molecule has 2 heteroatoms. The van der Waals surface area contributed by atoms with Crippen LogP contribution < -0.4 is 0 Å². The number of hydrogen-bond acceptors (Lipinski definition) is 2. The van der Waals surface area contributed by atoms with E-state index in [1.54, 1.807) is 0 Å². The van der Waals surface area contributed by atoms with Crippen LogP contribution in [-0.2, 0) is 0 Å². The Bertz CT molecular complexity index is 482. The van der Waals surface area contributed by atoms with Gasteiger partial charge in [-0.2, -0.15) is 0 Å². The quantitative estimate of drug-likeness (QED) is 0.755. The molecule has 2 nitrogen and oxygen atoms in total. The Labute approximate surface area is 135 Å². The van der Waals surface area contributed by atoms with Crippen LogP contribution in [0.4, 0.5) is 0 Å². The Hall–Kier alpha value is -0.600. The average molecular weight is 304 g/mol. The molecule has 0 bridgehead atoms. The molecular weight excluding hydrogens is 272 g/mol. The normalized spacial score (nSPS) is 47.5. The van der Waals surface area contributed by atoms with Crippen molar-refractivity contribution in [3.63, 3.8) is 0 Å². The molecular formula is C20H32O2. The lowest BCUT2D eigenvalue weighted by Gasteiger charge is -2.58. The van der Waals surface area contributed by atoms with E-state index >= 15 is 0 Å². The maximum atomic E-state index is 10.7. The molecule has 0 spiro atoms. The fourth-order valence-corrected chi connectivity index (χ4v) is 6.08. The van der Waals surface area contributed by atoms with Crippen molar-refractivity contribution >= 4 is 0 Å². The van der Waals surface area contributed by atoms with Crippen LogP contribution in [0.15, 0.2) is 24.3 Å². The van der Waals surface area contributed by atoms with E-state index in [1.807, 2.05) is 6.92 Å². The summed E-state index contributed by atoms with van der Waals surface area (Å²) in [4.78, 5) is 0. The van der Waals surface area contributed by atoms with Crippen molar-refractivity contribution in [3.8, 4) is 0 Å². The molecule has 0 radical (unpaired) electrons. The van der Waals surface area contributed by atoms with Crippen molar-refractivity contribution in [2.75, 3.05) is 0 Å². The van der Waals surface area contributed by atoms with Gasteiger partial charge in [-0.05, 0) is 62.2 Å². The maximum Gasteiger partial charge on any atom is 0.0747 e. The molecule has 3 fully saturated rings. The van der Waals surface area contributed by atoms with Gasteiger partial charge in [-0.1, -0.05) is 44.6 Å². The van der Waals surface area contributed by atoms with Crippen LogP contribution in [0.5, 0.6) is 0 Å². The summed E-state index contributed by atoms with van der Waals surface area (Å²) in [5.74, 6) is 3.36. The molecule has 3 aliphatic carbocycles. The minimum Gasteiger partial charge on any atom is -0.393 e. The highest BCUT2D eigenvalue weighted by Gasteiger charge is 2.70. The molecule has 5 unspecified atom stereocenters. The second-order valence-electron chi connectivity index (χ2n) is 8.55. The molecule has 0 aromatic rings. The molecule has 22 heavy (non-hydrogen) atoms. The van der Waals surface area contributed by atoms with Gasteiger partial charge in [0.2, 0.25) is 0 Å². The fraction of sp³-hybridized carbons (Fsp3) is 0.800. The molecule has 124 valence electrons. The van der Waals surface area contributed by atoms with Crippen molar-refractivity contribution in [3.05, 3.63) is 24.3 Å². The van der Waals surface area contributed by atoms with E-state index < -0.39 is 6.10 Å². The highest BCUT2D eigenvalue weighted by atomic mass is 16.3. The van der Waals surface area contributed by atoms with Gasteiger partial charge in [0.25, 0.3) is 0 Å². The van der Waals surface area contributed by atoms with Crippen LogP contribution >= 0.6 is 0 Å². The molecule has 0 heterocycles. The Morgan fingerprint density at radius 2 is 2.00 bits per heavy atom. The molecule has 3 saturated carbocycles. The third-order valence-electron chi connectivity index (χ3n) is 7.45. The van der Waals surface area contributed by atoms with Gasteiger partial charge in [-0.15, -0.1) is 0 Å². The highest BCUT2D eigenvalue weighted by Crippen LogP contribution is 2.73. The Morgan fingerprint density at radius 3 is 2.64 bits per heavy atom. The van der Waals surface area contributed by atoms with Crippen molar-refractivity contribution in [2.45, 2.75) is 65.1 Å². The van der Waals surface area contributed by atoms with Gasteiger partial charge < -0.3 is 10.2 Å².